The van der Waals surface area contributed by atoms with Crippen molar-refractivity contribution in [1.82, 2.24) is 5.32 Å². The van der Waals surface area contributed by atoms with Gasteiger partial charge in [-0.05, 0) is 32.6 Å². The molecular weight excluding hydrogens is 242 g/mol. The first-order valence-corrected chi connectivity index (χ1v) is 7.26. The Morgan fingerprint density at radius 2 is 1.89 bits per heavy atom. The molecule has 19 heavy (non-hydrogen) atoms. The van der Waals surface area contributed by atoms with Crippen molar-refractivity contribution in [2.75, 3.05) is 0 Å². The number of allylic oxidation sites excluding steroid dienone is 2. The number of carbonyl (C=O) groups is 2. The molecule has 106 valence electrons. The molecule has 2 N–H and O–H groups in total. The van der Waals surface area contributed by atoms with Crippen LogP contribution in [0.15, 0.2) is 11.6 Å². The van der Waals surface area contributed by atoms with Crippen LogP contribution in [0.25, 0.3) is 0 Å². The van der Waals surface area contributed by atoms with Crippen LogP contribution in [-0.2, 0) is 9.59 Å². The van der Waals surface area contributed by atoms with Gasteiger partial charge in [-0.3, -0.25) is 9.59 Å². The van der Waals surface area contributed by atoms with E-state index in [4.69, 9.17) is 0 Å². The molecule has 2 atom stereocenters. The lowest BCUT2D eigenvalue weighted by Gasteiger charge is -2.30. The number of amides is 1. The fraction of sp³-hybridized carbons (Fsp3) is 0.733. The third kappa shape index (κ3) is 3.58. The standard InChI is InChI=1S/C15H23NO3/c1-10-7-8-12(15(18)19)13(9-10)14(17)16-11-5-3-2-4-6-11/h7,11-13H,2-6,8-9H2,1H3,(H,16,17)(H,18,19)/t12-,13-/m0/s1. The van der Waals surface area contributed by atoms with Gasteiger partial charge < -0.3 is 10.4 Å². The van der Waals surface area contributed by atoms with Gasteiger partial charge in [0.15, 0.2) is 0 Å². The van der Waals surface area contributed by atoms with Crippen LogP contribution in [0.2, 0.25) is 0 Å². The lowest BCUT2D eigenvalue weighted by molar-refractivity contribution is -0.147. The van der Waals surface area contributed by atoms with E-state index in [0.29, 0.717) is 12.8 Å². The van der Waals surface area contributed by atoms with Crippen LogP contribution in [0.4, 0.5) is 0 Å². The van der Waals surface area contributed by atoms with E-state index in [0.717, 1.165) is 31.3 Å². The van der Waals surface area contributed by atoms with Gasteiger partial charge in [0, 0.05) is 6.04 Å². The van der Waals surface area contributed by atoms with Crippen molar-refractivity contribution in [2.24, 2.45) is 11.8 Å². The van der Waals surface area contributed by atoms with Crippen molar-refractivity contribution in [3.8, 4) is 0 Å². The number of carbonyl (C=O) groups excluding carboxylic acids is 1. The van der Waals surface area contributed by atoms with Gasteiger partial charge in [-0.25, -0.2) is 0 Å². The molecule has 0 spiro atoms. The molecular formula is C15H23NO3. The predicted octanol–water partition coefficient (Wildman–Crippen LogP) is 2.49. The van der Waals surface area contributed by atoms with Crippen LogP contribution in [0.1, 0.15) is 51.9 Å². The van der Waals surface area contributed by atoms with Crippen molar-refractivity contribution >= 4 is 11.9 Å². The average Bonchev–Trinajstić information content (AvgIpc) is 2.39. The molecule has 1 amide bonds. The second-order valence-corrected chi connectivity index (χ2v) is 5.89. The van der Waals surface area contributed by atoms with Crippen molar-refractivity contribution in [3.05, 3.63) is 11.6 Å². The van der Waals surface area contributed by atoms with Gasteiger partial charge in [-0.1, -0.05) is 30.9 Å². The van der Waals surface area contributed by atoms with E-state index in [2.05, 4.69) is 5.32 Å². The van der Waals surface area contributed by atoms with Crippen LogP contribution >= 0.6 is 0 Å². The number of carboxylic acids is 1. The fourth-order valence-electron chi connectivity index (χ4n) is 3.17. The van der Waals surface area contributed by atoms with Crippen molar-refractivity contribution in [1.29, 1.82) is 0 Å². The van der Waals surface area contributed by atoms with Gasteiger partial charge in [-0.2, -0.15) is 0 Å². The Morgan fingerprint density at radius 1 is 1.21 bits per heavy atom. The molecule has 1 fully saturated rings. The van der Waals surface area contributed by atoms with E-state index in [1.54, 1.807) is 0 Å². The molecule has 0 saturated heterocycles. The summed E-state index contributed by atoms with van der Waals surface area (Å²) in [6.45, 7) is 1.97. The highest BCUT2D eigenvalue weighted by molar-refractivity contribution is 5.85. The Balaban J connectivity index is 1.98. The molecule has 2 aliphatic carbocycles. The molecule has 4 heteroatoms. The fourth-order valence-corrected chi connectivity index (χ4v) is 3.17. The maximum atomic E-state index is 12.3. The number of nitrogens with one attached hydrogen (secondary N) is 1. The normalized spacial score (nSPS) is 28.6. The van der Waals surface area contributed by atoms with Gasteiger partial charge in [0.05, 0.1) is 11.8 Å². The van der Waals surface area contributed by atoms with Gasteiger partial charge in [-0.15, -0.1) is 0 Å². The summed E-state index contributed by atoms with van der Waals surface area (Å²) in [6.07, 6.45) is 8.64. The minimum atomic E-state index is -0.854. The predicted molar refractivity (Wildman–Crippen MR) is 72.6 cm³/mol. The van der Waals surface area contributed by atoms with E-state index in [-0.39, 0.29) is 11.9 Å². The van der Waals surface area contributed by atoms with Crippen LogP contribution < -0.4 is 5.32 Å². The zero-order chi connectivity index (χ0) is 13.8. The Bertz CT molecular complexity index is 383. The molecule has 0 radical (unpaired) electrons. The van der Waals surface area contributed by atoms with Crippen molar-refractivity contribution in [2.45, 2.75) is 57.9 Å². The topological polar surface area (TPSA) is 66.4 Å². The highest BCUT2D eigenvalue weighted by atomic mass is 16.4. The summed E-state index contributed by atoms with van der Waals surface area (Å²) in [7, 11) is 0. The Kier molecular flexibility index (Phi) is 4.61. The maximum absolute atomic E-state index is 12.3. The third-order valence-electron chi connectivity index (χ3n) is 4.35. The van der Waals surface area contributed by atoms with Gasteiger partial charge in [0.25, 0.3) is 0 Å². The Labute approximate surface area is 114 Å². The molecule has 0 aromatic carbocycles. The lowest BCUT2D eigenvalue weighted by Crippen LogP contribution is -2.44. The smallest absolute Gasteiger partial charge is 0.307 e. The number of rotatable bonds is 3. The van der Waals surface area contributed by atoms with E-state index in [1.807, 2.05) is 13.0 Å². The second kappa shape index (κ2) is 6.22. The summed E-state index contributed by atoms with van der Waals surface area (Å²) in [5, 5.41) is 12.3. The van der Waals surface area contributed by atoms with Crippen LogP contribution in [0.3, 0.4) is 0 Å². The molecule has 0 bridgehead atoms. The molecule has 4 nitrogen and oxygen atoms in total. The molecule has 0 aliphatic heterocycles. The summed E-state index contributed by atoms with van der Waals surface area (Å²) >= 11 is 0. The summed E-state index contributed by atoms with van der Waals surface area (Å²) < 4.78 is 0. The number of hydrogen-bond acceptors (Lipinski definition) is 2. The quantitative estimate of drug-likeness (QED) is 0.770. The molecule has 2 rings (SSSR count). The highest BCUT2D eigenvalue weighted by Gasteiger charge is 2.36. The first-order valence-electron chi connectivity index (χ1n) is 7.26. The molecule has 2 aliphatic rings. The van der Waals surface area contributed by atoms with Gasteiger partial charge >= 0.3 is 5.97 Å². The monoisotopic (exact) mass is 265 g/mol. The highest BCUT2D eigenvalue weighted by Crippen LogP contribution is 2.30. The summed E-state index contributed by atoms with van der Waals surface area (Å²) in [4.78, 5) is 23.6. The van der Waals surface area contributed by atoms with Crippen LogP contribution in [-0.4, -0.2) is 23.0 Å². The summed E-state index contributed by atoms with van der Waals surface area (Å²) in [6, 6.07) is 0.252. The minimum absolute atomic E-state index is 0.0632. The summed E-state index contributed by atoms with van der Waals surface area (Å²) in [5.74, 6) is -1.88. The minimum Gasteiger partial charge on any atom is -0.481 e. The average molecular weight is 265 g/mol. The molecule has 0 heterocycles. The number of hydrogen-bond donors (Lipinski definition) is 2. The largest absolute Gasteiger partial charge is 0.481 e. The number of aliphatic carboxylic acids is 1. The van der Waals surface area contributed by atoms with E-state index in [9.17, 15) is 14.7 Å². The third-order valence-corrected chi connectivity index (χ3v) is 4.35. The molecule has 1 saturated carbocycles. The van der Waals surface area contributed by atoms with Crippen molar-refractivity contribution in [3.63, 3.8) is 0 Å². The van der Waals surface area contributed by atoms with Gasteiger partial charge in [0.1, 0.15) is 0 Å². The lowest BCUT2D eigenvalue weighted by atomic mass is 9.79. The molecule has 0 unspecified atom stereocenters. The van der Waals surface area contributed by atoms with Crippen LogP contribution in [0, 0.1) is 11.8 Å². The zero-order valence-corrected chi connectivity index (χ0v) is 11.5. The Morgan fingerprint density at radius 3 is 2.53 bits per heavy atom. The van der Waals surface area contributed by atoms with Crippen molar-refractivity contribution < 1.29 is 14.7 Å². The van der Waals surface area contributed by atoms with E-state index in [1.165, 1.54) is 6.42 Å². The molecule has 0 aromatic heterocycles. The van der Waals surface area contributed by atoms with Crippen LogP contribution in [0.5, 0.6) is 0 Å². The van der Waals surface area contributed by atoms with E-state index >= 15 is 0 Å². The second-order valence-electron chi connectivity index (χ2n) is 5.89. The SMILES string of the molecule is CC1=CC[C@H](C(=O)O)[C@@H](C(=O)NC2CCCCC2)C1. The van der Waals surface area contributed by atoms with E-state index < -0.39 is 17.8 Å². The molecule has 0 aromatic rings. The number of carboxylic acid groups (broad SMARTS) is 1. The zero-order valence-electron chi connectivity index (χ0n) is 11.5. The summed E-state index contributed by atoms with van der Waals surface area (Å²) in [5.41, 5.74) is 1.13. The first-order chi connectivity index (χ1) is 9.08. The first kappa shape index (κ1) is 14.1. The Hall–Kier alpha value is -1.32. The maximum Gasteiger partial charge on any atom is 0.307 e. The van der Waals surface area contributed by atoms with Gasteiger partial charge in [0.2, 0.25) is 5.91 Å².